The monoisotopic (exact) mass is 444 g/mol. The van der Waals surface area contributed by atoms with Crippen molar-refractivity contribution < 1.29 is 14.0 Å². The molecular formula is C26H21ClN2O3. The van der Waals surface area contributed by atoms with Crippen LogP contribution in [0.15, 0.2) is 108 Å². The van der Waals surface area contributed by atoms with E-state index in [4.69, 9.17) is 16.0 Å². The van der Waals surface area contributed by atoms with E-state index < -0.39 is 0 Å². The zero-order chi connectivity index (χ0) is 22.3. The molecule has 0 fully saturated rings. The number of rotatable bonds is 7. The van der Waals surface area contributed by atoms with Gasteiger partial charge in [0.25, 0.3) is 11.8 Å². The first kappa shape index (κ1) is 21.4. The van der Waals surface area contributed by atoms with Gasteiger partial charge in [0.2, 0.25) is 0 Å². The van der Waals surface area contributed by atoms with Crippen molar-refractivity contribution in [2.75, 3.05) is 11.4 Å². The third-order valence-electron chi connectivity index (χ3n) is 4.92. The summed E-state index contributed by atoms with van der Waals surface area (Å²) in [6.07, 6.45) is 1.54. The Labute approximate surface area is 191 Å². The zero-order valence-corrected chi connectivity index (χ0v) is 18.0. The van der Waals surface area contributed by atoms with Crippen molar-refractivity contribution in [2.24, 2.45) is 0 Å². The highest BCUT2D eigenvalue weighted by molar-refractivity contribution is 6.33. The number of carbonyl (C=O) groups is 2. The van der Waals surface area contributed by atoms with Crippen LogP contribution in [-0.4, -0.2) is 23.3 Å². The molecule has 0 saturated carbocycles. The number of carbonyl (C=O) groups excluding carboxylic acids is 2. The fourth-order valence-corrected chi connectivity index (χ4v) is 3.64. The van der Waals surface area contributed by atoms with Gasteiger partial charge in [-0.3, -0.25) is 14.5 Å². The van der Waals surface area contributed by atoms with Crippen molar-refractivity contribution in [3.63, 3.8) is 0 Å². The quantitative estimate of drug-likeness (QED) is 0.354. The summed E-state index contributed by atoms with van der Waals surface area (Å²) in [4.78, 5) is 30.0. The third-order valence-corrected chi connectivity index (χ3v) is 5.25. The minimum absolute atomic E-state index is 0.139. The van der Waals surface area contributed by atoms with E-state index in [1.807, 2.05) is 60.7 Å². The maximum atomic E-state index is 13.6. The maximum Gasteiger partial charge on any atom is 0.256 e. The molecule has 2 amide bonds. The Morgan fingerprint density at radius 3 is 1.91 bits per heavy atom. The van der Waals surface area contributed by atoms with E-state index in [2.05, 4.69) is 0 Å². The van der Waals surface area contributed by atoms with Crippen LogP contribution in [0, 0.1) is 0 Å². The summed E-state index contributed by atoms with van der Waals surface area (Å²) in [5.74, 6) is -0.0278. The van der Waals surface area contributed by atoms with Gasteiger partial charge in [0, 0.05) is 11.4 Å². The Kier molecular flexibility index (Phi) is 6.68. The van der Waals surface area contributed by atoms with Crippen molar-refractivity contribution in [2.45, 2.75) is 6.54 Å². The lowest BCUT2D eigenvalue weighted by atomic mass is 10.1. The predicted molar refractivity (Wildman–Crippen MR) is 125 cm³/mol. The van der Waals surface area contributed by atoms with Crippen LogP contribution in [0.3, 0.4) is 0 Å². The Morgan fingerprint density at radius 2 is 1.34 bits per heavy atom. The highest BCUT2D eigenvalue weighted by Crippen LogP contribution is 2.26. The summed E-state index contributed by atoms with van der Waals surface area (Å²) < 4.78 is 5.44. The highest BCUT2D eigenvalue weighted by Gasteiger charge is 2.26. The minimum atomic E-state index is -0.346. The zero-order valence-electron chi connectivity index (χ0n) is 17.2. The smallest absolute Gasteiger partial charge is 0.256 e. The van der Waals surface area contributed by atoms with Gasteiger partial charge in [0.1, 0.15) is 12.3 Å². The van der Waals surface area contributed by atoms with E-state index in [0.717, 1.165) is 0 Å². The van der Waals surface area contributed by atoms with Crippen LogP contribution in [0.2, 0.25) is 5.02 Å². The molecule has 0 N–H and O–H groups in total. The lowest BCUT2D eigenvalue weighted by Crippen LogP contribution is -2.41. The second-order valence-electron chi connectivity index (χ2n) is 7.12. The van der Waals surface area contributed by atoms with Crippen LogP contribution in [0.1, 0.15) is 16.1 Å². The lowest BCUT2D eigenvalue weighted by molar-refractivity contribution is -0.118. The van der Waals surface area contributed by atoms with Crippen LogP contribution in [0.25, 0.3) is 0 Å². The average Bonchev–Trinajstić information content (AvgIpc) is 3.33. The molecule has 4 aromatic rings. The molecule has 0 aliphatic rings. The summed E-state index contributed by atoms with van der Waals surface area (Å²) in [6, 6.07) is 29.0. The van der Waals surface area contributed by atoms with E-state index >= 15 is 0 Å². The molecule has 3 aromatic carbocycles. The molecule has 1 heterocycles. The third kappa shape index (κ3) is 4.90. The van der Waals surface area contributed by atoms with Gasteiger partial charge in [-0.2, -0.15) is 0 Å². The van der Waals surface area contributed by atoms with Crippen LogP contribution in [-0.2, 0) is 11.3 Å². The largest absolute Gasteiger partial charge is 0.467 e. The predicted octanol–water partition coefficient (Wildman–Crippen LogP) is 5.94. The van der Waals surface area contributed by atoms with Gasteiger partial charge >= 0.3 is 0 Å². The van der Waals surface area contributed by atoms with Crippen LogP contribution in [0.4, 0.5) is 11.4 Å². The van der Waals surface area contributed by atoms with E-state index in [0.29, 0.717) is 27.7 Å². The average molecular weight is 445 g/mol. The number of anilines is 2. The molecule has 32 heavy (non-hydrogen) atoms. The summed E-state index contributed by atoms with van der Waals surface area (Å²) in [5.41, 5.74) is 1.76. The van der Waals surface area contributed by atoms with Crippen molar-refractivity contribution in [1.29, 1.82) is 0 Å². The summed E-state index contributed by atoms with van der Waals surface area (Å²) in [6.45, 7) is -0.0191. The molecule has 0 saturated heterocycles. The normalized spacial score (nSPS) is 10.5. The molecule has 0 aliphatic carbocycles. The first-order chi connectivity index (χ1) is 15.6. The topological polar surface area (TPSA) is 53.8 Å². The fraction of sp³-hybridized carbons (Fsp3) is 0.0769. The molecule has 0 radical (unpaired) electrons. The first-order valence-corrected chi connectivity index (χ1v) is 10.5. The van der Waals surface area contributed by atoms with Gasteiger partial charge in [-0.1, -0.05) is 60.1 Å². The number of amides is 2. The molecule has 160 valence electrons. The van der Waals surface area contributed by atoms with Crippen molar-refractivity contribution in [3.8, 4) is 0 Å². The van der Waals surface area contributed by atoms with E-state index in [1.54, 1.807) is 41.3 Å². The molecular weight excluding hydrogens is 424 g/mol. The van der Waals surface area contributed by atoms with Crippen LogP contribution >= 0.6 is 11.6 Å². The highest BCUT2D eigenvalue weighted by atomic mass is 35.5. The molecule has 0 unspecified atom stereocenters. The van der Waals surface area contributed by atoms with Crippen molar-refractivity contribution in [3.05, 3.63) is 120 Å². The van der Waals surface area contributed by atoms with Gasteiger partial charge < -0.3 is 9.32 Å². The molecule has 5 nitrogen and oxygen atoms in total. The minimum Gasteiger partial charge on any atom is -0.467 e. The number of para-hydroxylation sites is 2. The molecule has 0 bridgehead atoms. The summed E-state index contributed by atoms with van der Waals surface area (Å²) in [7, 11) is 0. The number of nitrogens with zero attached hydrogens (tertiary/aromatic N) is 2. The Morgan fingerprint density at radius 1 is 0.750 bits per heavy atom. The molecule has 0 spiro atoms. The molecule has 4 rings (SSSR count). The van der Waals surface area contributed by atoms with Crippen molar-refractivity contribution >= 4 is 34.8 Å². The Balaban J connectivity index is 1.67. The maximum absolute atomic E-state index is 13.6. The number of hydrogen-bond donors (Lipinski definition) is 0. The molecule has 0 atom stereocenters. The van der Waals surface area contributed by atoms with Gasteiger partial charge in [-0.25, -0.2) is 0 Å². The standard InChI is InChI=1S/C26H21ClN2O3/c27-24-16-8-7-15-23(24)26(31)28(18-22-14-9-17-32-22)19-25(30)29(20-10-3-1-4-11-20)21-12-5-2-6-13-21/h1-17H,18-19H2. The van der Waals surface area contributed by atoms with Gasteiger partial charge in [-0.15, -0.1) is 0 Å². The SMILES string of the molecule is O=C(c1ccccc1Cl)N(CC(=O)N(c1ccccc1)c1ccccc1)Cc1ccco1. The second-order valence-corrected chi connectivity index (χ2v) is 7.53. The van der Waals surface area contributed by atoms with E-state index in [9.17, 15) is 9.59 Å². The van der Waals surface area contributed by atoms with Gasteiger partial charge in [0.05, 0.1) is 23.4 Å². The number of benzene rings is 3. The first-order valence-electron chi connectivity index (χ1n) is 10.1. The van der Waals surface area contributed by atoms with Gasteiger partial charge in [-0.05, 0) is 48.5 Å². The summed E-state index contributed by atoms with van der Waals surface area (Å²) >= 11 is 6.27. The summed E-state index contributed by atoms with van der Waals surface area (Å²) in [5, 5.41) is 0.331. The Bertz CT molecular complexity index is 1140. The number of furan rings is 1. The van der Waals surface area contributed by atoms with Crippen LogP contribution < -0.4 is 4.90 Å². The van der Waals surface area contributed by atoms with Gasteiger partial charge in [0.15, 0.2) is 0 Å². The fourth-order valence-electron chi connectivity index (χ4n) is 3.42. The van der Waals surface area contributed by atoms with E-state index in [-0.39, 0.29) is 24.9 Å². The number of hydrogen-bond acceptors (Lipinski definition) is 3. The van der Waals surface area contributed by atoms with E-state index in [1.165, 1.54) is 11.2 Å². The van der Waals surface area contributed by atoms with Crippen molar-refractivity contribution in [1.82, 2.24) is 4.90 Å². The molecule has 6 heteroatoms. The lowest BCUT2D eigenvalue weighted by Gasteiger charge is -2.27. The second kappa shape index (κ2) is 9.98. The molecule has 0 aliphatic heterocycles. The number of halogens is 1. The Hall–Kier alpha value is -3.83. The molecule has 1 aromatic heterocycles. The van der Waals surface area contributed by atoms with Crippen LogP contribution in [0.5, 0.6) is 0 Å².